The van der Waals surface area contributed by atoms with Crippen LogP contribution >= 0.6 is 0 Å². The molecule has 0 saturated carbocycles. The third-order valence-electron chi connectivity index (χ3n) is 5.63. The van der Waals surface area contributed by atoms with Gasteiger partial charge < -0.3 is 10.1 Å². The van der Waals surface area contributed by atoms with Gasteiger partial charge >= 0.3 is 12.3 Å². The normalized spacial score (nSPS) is 18.0. The van der Waals surface area contributed by atoms with Crippen LogP contribution in [0, 0.1) is 18.8 Å². The molecule has 1 aromatic heterocycles. The number of pyridine rings is 1. The second kappa shape index (κ2) is 9.61. The molecule has 3 rings (SSSR count). The minimum absolute atomic E-state index is 0.310. The molecule has 1 saturated heterocycles. The van der Waals surface area contributed by atoms with Gasteiger partial charge in [0.2, 0.25) is 0 Å². The largest absolute Gasteiger partial charge is 0.444 e. The van der Waals surface area contributed by atoms with Gasteiger partial charge in [-0.2, -0.15) is 13.2 Å². The summed E-state index contributed by atoms with van der Waals surface area (Å²) in [6, 6.07) is 7.86. The Morgan fingerprint density at radius 3 is 2.31 bits per heavy atom. The molecule has 0 spiro atoms. The van der Waals surface area contributed by atoms with E-state index in [-0.39, 0.29) is 5.91 Å². The first-order valence-corrected chi connectivity index (χ1v) is 11.2. The number of alkyl halides is 3. The van der Waals surface area contributed by atoms with Gasteiger partial charge in [0.25, 0.3) is 5.91 Å². The average Bonchev–Trinajstić information content (AvgIpc) is 3.15. The van der Waals surface area contributed by atoms with Gasteiger partial charge in [-0.1, -0.05) is 11.8 Å². The zero-order chi connectivity index (χ0) is 26.0. The maximum Gasteiger partial charge on any atom is 0.416 e. The first-order valence-electron chi connectivity index (χ1n) is 11.2. The van der Waals surface area contributed by atoms with Crippen molar-refractivity contribution in [2.75, 3.05) is 11.9 Å². The van der Waals surface area contributed by atoms with Crippen molar-refractivity contribution < 1.29 is 27.5 Å². The summed E-state index contributed by atoms with van der Waals surface area (Å²) < 4.78 is 43.6. The van der Waals surface area contributed by atoms with Gasteiger partial charge in [0.1, 0.15) is 17.0 Å². The molecule has 0 aliphatic carbocycles. The van der Waals surface area contributed by atoms with Crippen LogP contribution in [0.15, 0.2) is 36.4 Å². The Morgan fingerprint density at radius 1 is 1.09 bits per heavy atom. The van der Waals surface area contributed by atoms with Crippen LogP contribution in [0.1, 0.15) is 62.9 Å². The van der Waals surface area contributed by atoms with Crippen LogP contribution in [0.3, 0.4) is 0 Å². The lowest BCUT2D eigenvalue weighted by molar-refractivity contribution is -0.137. The fourth-order valence-electron chi connectivity index (χ4n) is 3.70. The highest BCUT2D eigenvalue weighted by atomic mass is 19.4. The number of halogens is 3. The van der Waals surface area contributed by atoms with Crippen LogP contribution < -0.4 is 5.32 Å². The van der Waals surface area contributed by atoms with E-state index in [1.165, 1.54) is 17.0 Å². The highest BCUT2D eigenvalue weighted by molar-refractivity contribution is 5.99. The molecular formula is C26H28F3N3O3. The Hall–Kier alpha value is -3.54. The third-order valence-corrected chi connectivity index (χ3v) is 5.63. The van der Waals surface area contributed by atoms with E-state index in [1.54, 1.807) is 46.8 Å². The van der Waals surface area contributed by atoms with Crippen LogP contribution in [0.25, 0.3) is 0 Å². The summed E-state index contributed by atoms with van der Waals surface area (Å²) in [7, 11) is 0. The number of carbonyl (C=O) groups excluding carboxylic acids is 2. The summed E-state index contributed by atoms with van der Waals surface area (Å²) in [5, 5.41) is 2.78. The van der Waals surface area contributed by atoms with E-state index in [4.69, 9.17) is 4.74 Å². The molecule has 9 heteroatoms. The third kappa shape index (κ3) is 6.32. The minimum atomic E-state index is -4.40. The van der Waals surface area contributed by atoms with Gasteiger partial charge in [0, 0.05) is 17.7 Å². The number of nitrogens with one attached hydrogen (secondary N) is 1. The monoisotopic (exact) mass is 487 g/mol. The van der Waals surface area contributed by atoms with Gasteiger partial charge in [-0.25, -0.2) is 9.78 Å². The van der Waals surface area contributed by atoms with Crippen LogP contribution in [0.5, 0.6) is 0 Å². The van der Waals surface area contributed by atoms with Crippen molar-refractivity contribution in [3.8, 4) is 11.8 Å². The molecule has 186 valence electrons. The highest BCUT2D eigenvalue weighted by Crippen LogP contribution is 2.32. The van der Waals surface area contributed by atoms with Crippen molar-refractivity contribution in [3.05, 3.63) is 58.8 Å². The molecule has 0 radical (unpaired) electrons. The zero-order valence-electron chi connectivity index (χ0n) is 20.3. The van der Waals surface area contributed by atoms with Gasteiger partial charge in [-0.15, -0.1) is 0 Å². The molecule has 1 aliphatic rings. The van der Waals surface area contributed by atoms with Crippen molar-refractivity contribution in [3.63, 3.8) is 0 Å². The topological polar surface area (TPSA) is 71.5 Å². The lowest BCUT2D eigenvalue weighted by Crippen LogP contribution is -2.54. The highest BCUT2D eigenvalue weighted by Gasteiger charge is 2.47. The predicted octanol–water partition coefficient (Wildman–Crippen LogP) is 5.54. The van der Waals surface area contributed by atoms with Gasteiger partial charge in [0.15, 0.2) is 0 Å². The number of aryl methyl sites for hydroxylation is 1. The quantitative estimate of drug-likeness (QED) is 0.565. The number of hydrogen-bond donors (Lipinski definition) is 1. The molecule has 2 aromatic rings. The number of benzene rings is 1. The van der Waals surface area contributed by atoms with Crippen LogP contribution in [0.4, 0.5) is 23.8 Å². The van der Waals surface area contributed by atoms with E-state index in [2.05, 4.69) is 22.1 Å². The lowest BCUT2D eigenvalue weighted by atomic mass is 9.98. The molecule has 0 unspecified atom stereocenters. The molecule has 35 heavy (non-hydrogen) atoms. The number of amides is 2. The number of rotatable bonds is 2. The van der Waals surface area contributed by atoms with Crippen molar-refractivity contribution in [2.45, 2.75) is 64.8 Å². The SMILES string of the molecule is Cc1nc(NC(=O)[C@]2(C)CCCN2C(=O)OC(C)(C)C)ccc1C#Cc1ccc(C(F)(F)F)cc1. The van der Waals surface area contributed by atoms with Gasteiger partial charge in [0.05, 0.1) is 11.3 Å². The summed E-state index contributed by atoms with van der Waals surface area (Å²) in [5.41, 5.74) is -0.923. The van der Waals surface area contributed by atoms with E-state index in [0.717, 1.165) is 12.1 Å². The van der Waals surface area contributed by atoms with E-state index in [1.807, 2.05) is 0 Å². The van der Waals surface area contributed by atoms with E-state index in [9.17, 15) is 22.8 Å². The number of nitrogens with zero attached hydrogens (tertiary/aromatic N) is 2. The Balaban J connectivity index is 1.72. The first-order chi connectivity index (χ1) is 16.2. The van der Waals surface area contributed by atoms with Gasteiger partial charge in [-0.05, 0) is 83.9 Å². The molecular weight excluding hydrogens is 459 g/mol. The van der Waals surface area contributed by atoms with Crippen LogP contribution in [0.2, 0.25) is 0 Å². The maximum atomic E-state index is 13.1. The summed E-state index contributed by atoms with van der Waals surface area (Å²) in [6.07, 6.45) is -3.76. The Bertz CT molecular complexity index is 1170. The zero-order valence-corrected chi connectivity index (χ0v) is 20.3. The van der Waals surface area contributed by atoms with E-state index >= 15 is 0 Å². The van der Waals surface area contributed by atoms with Gasteiger partial charge in [-0.3, -0.25) is 9.69 Å². The Labute approximate surface area is 202 Å². The summed E-state index contributed by atoms with van der Waals surface area (Å²) in [5.74, 6) is 5.67. The fourth-order valence-corrected chi connectivity index (χ4v) is 3.70. The first kappa shape index (κ1) is 26.1. The maximum absolute atomic E-state index is 13.1. The molecule has 1 aliphatic heterocycles. The molecule has 2 heterocycles. The number of carbonyl (C=O) groups is 2. The smallest absolute Gasteiger partial charge is 0.416 e. The minimum Gasteiger partial charge on any atom is -0.444 e. The van der Waals surface area contributed by atoms with E-state index < -0.39 is 29.0 Å². The Morgan fingerprint density at radius 2 is 1.74 bits per heavy atom. The predicted molar refractivity (Wildman–Crippen MR) is 126 cm³/mol. The molecule has 1 atom stereocenters. The average molecular weight is 488 g/mol. The van der Waals surface area contributed by atoms with Crippen LogP contribution in [-0.2, 0) is 15.7 Å². The van der Waals surface area contributed by atoms with E-state index in [0.29, 0.717) is 42.0 Å². The lowest BCUT2D eigenvalue weighted by Gasteiger charge is -2.35. The fraction of sp³-hybridized carbons (Fsp3) is 0.423. The molecule has 1 fully saturated rings. The van der Waals surface area contributed by atoms with Crippen molar-refractivity contribution in [1.29, 1.82) is 0 Å². The molecule has 1 N–H and O–H groups in total. The molecule has 1 aromatic carbocycles. The Kier molecular flexibility index (Phi) is 7.16. The second-order valence-electron chi connectivity index (χ2n) is 9.62. The van der Waals surface area contributed by atoms with Crippen LogP contribution in [-0.4, -0.2) is 39.6 Å². The second-order valence-corrected chi connectivity index (χ2v) is 9.62. The number of likely N-dealkylation sites (tertiary alicyclic amines) is 1. The van der Waals surface area contributed by atoms with Crippen molar-refractivity contribution >= 4 is 17.8 Å². The van der Waals surface area contributed by atoms with Crippen molar-refractivity contribution in [2.24, 2.45) is 0 Å². The number of hydrogen-bond acceptors (Lipinski definition) is 4. The summed E-state index contributed by atoms with van der Waals surface area (Å²) in [4.78, 5) is 31.6. The number of aromatic nitrogens is 1. The van der Waals surface area contributed by atoms with Crippen molar-refractivity contribution in [1.82, 2.24) is 9.88 Å². The summed E-state index contributed by atoms with van der Waals surface area (Å²) in [6.45, 7) is 9.16. The standard InChI is InChI=1S/C26H28F3N3O3/c1-17-19(10-7-18-8-12-20(13-9-18)26(27,28)29)11-14-21(30-17)31-22(33)25(5)15-6-16-32(25)23(34)35-24(2,3)4/h8-9,11-14H,6,15-16H2,1-5H3,(H,30,31,33)/t25-/m0/s1. The molecule has 2 amide bonds. The summed E-state index contributed by atoms with van der Waals surface area (Å²) >= 11 is 0. The number of ether oxygens (including phenoxy) is 1. The molecule has 6 nitrogen and oxygen atoms in total. The molecule has 0 bridgehead atoms. The number of anilines is 1.